The van der Waals surface area contributed by atoms with Gasteiger partial charge in [0.2, 0.25) is 5.91 Å². The highest BCUT2D eigenvalue weighted by molar-refractivity contribution is 6.32. The molecule has 0 saturated heterocycles. The van der Waals surface area contributed by atoms with E-state index >= 15 is 0 Å². The molecule has 3 aromatic rings. The number of para-hydroxylation sites is 1. The Morgan fingerprint density at radius 2 is 1.62 bits per heavy atom. The van der Waals surface area contributed by atoms with Crippen LogP contribution in [-0.2, 0) is 4.79 Å². The summed E-state index contributed by atoms with van der Waals surface area (Å²) in [5, 5.41) is 2.94. The Hall–Kier alpha value is -3.11. The van der Waals surface area contributed by atoms with Gasteiger partial charge in [-0.2, -0.15) is 0 Å². The first-order chi connectivity index (χ1) is 12.6. The molecule has 0 fully saturated rings. The molecular formula is C21H15ClFNO2. The molecule has 0 atom stereocenters. The minimum atomic E-state index is -0.482. The van der Waals surface area contributed by atoms with E-state index < -0.39 is 5.82 Å². The van der Waals surface area contributed by atoms with Gasteiger partial charge in [0.25, 0.3) is 0 Å². The molecule has 0 aliphatic heterocycles. The maximum atomic E-state index is 13.7. The maximum Gasteiger partial charge on any atom is 0.248 e. The smallest absolute Gasteiger partial charge is 0.248 e. The van der Waals surface area contributed by atoms with E-state index in [1.54, 1.807) is 30.3 Å². The fraction of sp³-hybridized carbons (Fsp3) is 0. The lowest BCUT2D eigenvalue weighted by Gasteiger charge is -2.07. The first-order valence-electron chi connectivity index (χ1n) is 7.88. The van der Waals surface area contributed by atoms with Crippen molar-refractivity contribution in [2.75, 3.05) is 5.32 Å². The van der Waals surface area contributed by atoms with E-state index in [0.717, 1.165) is 5.75 Å². The number of hydrogen-bond acceptors (Lipinski definition) is 2. The summed E-state index contributed by atoms with van der Waals surface area (Å²) in [4.78, 5) is 12.0. The van der Waals surface area contributed by atoms with Crippen LogP contribution in [0.15, 0.2) is 78.9 Å². The molecule has 3 rings (SSSR count). The molecule has 0 heterocycles. The zero-order chi connectivity index (χ0) is 18.4. The van der Waals surface area contributed by atoms with Gasteiger partial charge in [-0.1, -0.05) is 35.9 Å². The van der Waals surface area contributed by atoms with Crippen LogP contribution >= 0.6 is 11.6 Å². The highest BCUT2D eigenvalue weighted by atomic mass is 35.5. The number of ether oxygens (including phenoxy) is 1. The van der Waals surface area contributed by atoms with E-state index in [4.69, 9.17) is 16.3 Å². The second kappa shape index (κ2) is 8.32. The van der Waals surface area contributed by atoms with Crippen LogP contribution in [0.2, 0.25) is 5.02 Å². The van der Waals surface area contributed by atoms with E-state index in [-0.39, 0.29) is 16.5 Å². The summed E-state index contributed by atoms with van der Waals surface area (Å²) < 4.78 is 19.4. The normalized spacial score (nSPS) is 10.7. The Bertz CT molecular complexity index is 904. The number of rotatable bonds is 5. The Kier molecular flexibility index (Phi) is 5.66. The van der Waals surface area contributed by atoms with Crippen molar-refractivity contribution in [2.45, 2.75) is 0 Å². The Morgan fingerprint density at radius 3 is 2.31 bits per heavy atom. The lowest BCUT2D eigenvalue weighted by Crippen LogP contribution is -2.07. The topological polar surface area (TPSA) is 38.3 Å². The fourth-order valence-corrected chi connectivity index (χ4v) is 2.47. The SMILES string of the molecule is O=C(/C=C/c1c(F)cccc1Cl)Nc1ccc(Oc2ccccc2)cc1. The van der Waals surface area contributed by atoms with Gasteiger partial charge >= 0.3 is 0 Å². The average Bonchev–Trinajstić information content (AvgIpc) is 2.64. The number of anilines is 1. The summed E-state index contributed by atoms with van der Waals surface area (Å²) in [5.74, 6) is 0.516. The van der Waals surface area contributed by atoms with E-state index in [1.165, 1.54) is 24.3 Å². The van der Waals surface area contributed by atoms with Crippen LogP contribution < -0.4 is 10.1 Å². The number of hydrogen-bond donors (Lipinski definition) is 1. The molecule has 26 heavy (non-hydrogen) atoms. The third kappa shape index (κ3) is 4.71. The molecule has 0 bridgehead atoms. The molecule has 3 aromatic carbocycles. The van der Waals surface area contributed by atoms with Crippen LogP contribution in [-0.4, -0.2) is 5.91 Å². The van der Waals surface area contributed by atoms with E-state index in [9.17, 15) is 9.18 Å². The average molecular weight is 368 g/mol. The highest BCUT2D eigenvalue weighted by Gasteiger charge is 2.04. The van der Waals surface area contributed by atoms with Crippen molar-refractivity contribution >= 4 is 29.3 Å². The Morgan fingerprint density at radius 1 is 0.923 bits per heavy atom. The van der Waals surface area contributed by atoms with Gasteiger partial charge in [0.1, 0.15) is 17.3 Å². The van der Waals surface area contributed by atoms with E-state index in [1.807, 2.05) is 30.3 Å². The molecule has 0 aliphatic carbocycles. The molecular weight excluding hydrogens is 353 g/mol. The lowest BCUT2D eigenvalue weighted by atomic mass is 10.2. The number of amides is 1. The molecule has 130 valence electrons. The molecule has 1 amide bonds. The molecule has 0 aliphatic rings. The van der Waals surface area contributed by atoms with Crippen LogP contribution in [0.5, 0.6) is 11.5 Å². The van der Waals surface area contributed by atoms with Crippen molar-refractivity contribution in [3.63, 3.8) is 0 Å². The van der Waals surface area contributed by atoms with Crippen LogP contribution in [0, 0.1) is 5.82 Å². The minimum absolute atomic E-state index is 0.177. The largest absolute Gasteiger partial charge is 0.457 e. The molecule has 0 radical (unpaired) electrons. The zero-order valence-electron chi connectivity index (χ0n) is 13.7. The standard InChI is InChI=1S/C21H15ClFNO2/c22-19-7-4-8-20(23)18(19)13-14-21(25)24-15-9-11-17(12-10-15)26-16-5-2-1-3-6-16/h1-14H,(H,24,25)/b14-13+. The predicted octanol–water partition coefficient (Wildman–Crippen LogP) is 5.92. The van der Waals surface area contributed by atoms with Crippen molar-refractivity contribution < 1.29 is 13.9 Å². The van der Waals surface area contributed by atoms with Crippen LogP contribution in [0.4, 0.5) is 10.1 Å². The van der Waals surface area contributed by atoms with Gasteiger partial charge < -0.3 is 10.1 Å². The number of carbonyl (C=O) groups is 1. The van der Waals surface area contributed by atoms with Gasteiger partial charge in [-0.15, -0.1) is 0 Å². The molecule has 3 nitrogen and oxygen atoms in total. The summed E-state index contributed by atoms with van der Waals surface area (Å²) in [6.45, 7) is 0. The van der Waals surface area contributed by atoms with Gasteiger partial charge in [-0.05, 0) is 54.6 Å². The van der Waals surface area contributed by atoms with Crippen molar-refractivity contribution in [2.24, 2.45) is 0 Å². The van der Waals surface area contributed by atoms with Gasteiger partial charge in [-0.3, -0.25) is 4.79 Å². The summed E-state index contributed by atoms with van der Waals surface area (Å²) in [6, 6.07) is 20.7. The first kappa shape index (κ1) is 17.7. The van der Waals surface area contributed by atoms with E-state index in [0.29, 0.717) is 11.4 Å². The molecule has 0 saturated carbocycles. The van der Waals surface area contributed by atoms with Crippen molar-refractivity contribution in [3.05, 3.63) is 95.3 Å². The van der Waals surface area contributed by atoms with Crippen molar-refractivity contribution in [3.8, 4) is 11.5 Å². The zero-order valence-corrected chi connectivity index (χ0v) is 14.4. The summed E-state index contributed by atoms with van der Waals surface area (Å²) in [5.41, 5.74) is 0.774. The highest BCUT2D eigenvalue weighted by Crippen LogP contribution is 2.23. The first-order valence-corrected chi connectivity index (χ1v) is 8.26. The number of nitrogens with one attached hydrogen (secondary N) is 1. The number of benzene rings is 3. The fourth-order valence-electron chi connectivity index (χ4n) is 2.24. The van der Waals surface area contributed by atoms with Gasteiger partial charge in [0.15, 0.2) is 0 Å². The van der Waals surface area contributed by atoms with Crippen LogP contribution in [0.25, 0.3) is 6.08 Å². The van der Waals surface area contributed by atoms with Gasteiger partial charge in [0, 0.05) is 17.3 Å². The van der Waals surface area contributed by atoms with Gasteiger partial charge in [-0.25, -0.2) is 4.39 Å². The minimum Gasteiger partial charge on any atom is -0.457 e. The second-order valence-corrected chi connectivity index (χ2v) is 5.80. The summed E-state index contributed by atoms with van der Waals surface area (Å²) >= 11 is 5.92. The van der Waals surface area contributed by atoms with Crippen molar-refractivity contribution in [1.29, 1.82) is 0 Å². The molecule has 1 N–H and O–H groups in total. The number of halogens is 2. The lowest BCUT2D eigenvalue weighted by molar-refractivity contribution is -0.111. The quantitative estimate of drug-likeness (QED) is 0.568. The Labute approximate surface area is 155 Å². The van der Waals surface area contributed by atoms with Crippen LogP contribution in [0.3, 0.4) is 0 Å². The second-order valence-electron chi connectivity index (χ2n) is 5.40. The van der Waals surface area contributed by atoms with E-state index in [2.05, 4.69) is 5.32 Å². The molecule has 0 unspecified atom stereocenters. The van der Waals surface area contributed by atoms with Crippen molar-refractivity contribution in [1.82, 2.24) is 0 Å². The third-order valence-corrected chi connectivity index (χ3v) is 3.83. The molecule has 0 aromatic heterocycles. The molecule has 5 heteroatoms. The maximum absolute atomic E-state index is 13.7. The third-order valence-electron chi connectivity index (χ3n) is 3.50. The van der Waals surface area contributed by atoms with Crippen LogP contribution in [0.1, 0.15) is 5.56 Å². The predicted molar refractivity (Wildman–Crippen MR) is 102 cm³/mol. The van der Waals surface area contributed by atoms with Gasteiger partial charge in [0.05, 0.1) is 5.02 Å². The number of carbonyl (C=O) groups excluding carboxylic acids is 1. The molecule has 0 spiro atoms. The monoisotopic (exact) mass is 367 g/mol. The Balaban J connectivity index is 1.62. The summed E-state index contributed by atoms with van der Waals surface area (Å²) in [6.07, 6.45) is 2.58. The summed E-state index contributed by atoms with van der Waals surface area (Å²) in [7, 11) is 0.